The maximum absolute atomic E-state index is 11.5. The van der Waals surface area contributed by atoms with Crippen LogP contribution < -0.4 is 10.1 Å². The van der Waals surface area contributed by atoms with Crippen molar-refractivity contribution in [1.82, 2.24) is 5.32 Å². The van der Waals surface area contributed by atoms with Crippen LogP contribution in [0.3, 0.4) is 0 Å². The lowest BCUT2D eigenvalue weighted by Gasteiger charge is -2.26. The van der Waals surface area contributed by atoms with Crippen molar-refractivity contribution < 1.29 is 14.6 Å². The van der Waals surface area contributed by atoms with Crippen molar-refractivity contribution in [2.75, 3.05) is 6.61 Å². The van der Waals surface area contributed by atoms with Gasteiger partial charge >= 0.3 is 5.97 Å². The van der Waals surface area contributed by atoms with Gasteiger partial charge in [0.05, 0.1) is 12.5 Å². The van der Waals surface area contributed by atoms with Crippen molar-refractivity contribution in [2.45, 2.75) is 51.6 Å². The van der Waals surface area contributed by atoms with Crippen LogP contribution in [0, 0.1) is 17.8 Å². The van der Waals surface area contributed by atoms with E-state index < -0.39 is 5.97 Å². The zero-order valence-electron chi connectivity index (χ0n) is 15.0. The van der Waals surface area contributed by atoms with E-state index in [4.69, 9.17) is 4.74 Å². The molecule has 4 nitrogen and oxygen atoms in total. The summed E-state index contributed by atoms with van der Waals surface area (Å²) >= 11 is 0. The Kier molecular flexibility index (Phi) is 6.14. The molecule has 2 N–H and O–H groups in total. The van der Waals surface area contributed by atoms with Crippen molar-refractivity contribution >= 4 is 5.97 Å². The molecule has 0 aliphatic heterocycles. The molecule has 0 radical (unpaired) electrons. The van der Waals surface area contributed by atoms with E-state index in [9.17, 15) is 9.90 Å². The number of rotatable bonds is 10. The molecule has 2 bridgehead atoms. The predicted molar refractivity (Wildman–Crippen MR) is 98.6 cm³/mol. The molecule has 0 amide bonds. The fourth-order valence-electron chi connectivity index (χ4n) is 4.10. The van der Waals surface area contributed by atoms with Crippen molar-refractivity contribution in [3.05, 3.63) is 42.0 Å². The monoisotopic (exact) mass is 343 g/mol. The number of carbonyl (C=O) groups is 1. The first kappa shape index (κ1) is 18.0. The highest BCUT2D eigenvalue weighted by Crippen LogP contribution is 2.43. The Labute approximate surface area is 150 Å². The molecule has 0 spiro atoms. The highest BCUT2D eigenvalue weighted by Gasteiger charge is 2.47. The van der Waals surface area contributed by atoms with E-state index in [0.717, 1.165) is 30.8 Å². The molecule has 136 valence electrons. The molecule has 1 aromatic rings. The van der Waals surface area contributed by atoms with Crippen LogP contribution in [0.15, 0.2) is 36.4 Å². The second kappa shape index (κ2) is 8.52. The fraction of sp³-hybridized carbons (Fsp3) is 0.571. The van der Waals surface area contributed by atoms with Crippen LogP contribution in [0.2, 0.25) is 0 Å². The first-order chi connectivity index (χ1) is 12.2. The smallest absolute Gasteiger partial charge is 0.308 e. The number of carboxylic acid groups (broad SMARTS) is 1. The van der Waals surface area contributed by atoms with Gasteiger partial charge in [-0.2, -0.15) is 0 Å². The van der Waals surface area contributed by atoms with E-state index in [1.54, 1.807) is 0 Å². The molecule has 1 aromatic carbocycles. The van der Waals surface area contributed by atoms with Gasteiger partial charge in [-0.15, -0.1) is 0 Å². The van der Waals surface area contributed by atoms with Crippen LogP contribution in [0.1, 0.15) is 44.6 Å². The van der Waals surface area contributed by atoms with Crippen LogP contribution in [0.4, 0.5) is 0 Å². The number of fused-ring (bicyclic) bond motifs is 2. The normalized spacial score (nSPS) is 26.9. The molecule has 0 saturated heterocycles. The van der Waals surface area contributed by atoms with Gasteiger partial charge in [0.15, 0.2) is 0 Å². The molecule has 0 heterocycles. The van der Waals surface area contributed by atoms with E-state index in [0.29, 0.717) is 12.5 Å². The van der Waals surface area contributed by atoms with Gasteiger partial charge in [0.2, 0.25) is 0 Å². The number of hydrogen-bond acceptors (Lipinski definition) is 3. The summed E-state index contributed by atoms with van der Waals surface area (Å²) in [4.78, 5) is 11.5. The van der Waals surface area contributed by atoms with Crippen molar-refractivity contribution in [2.24, 2.45) is 17.8 Å². The summed E-state index contributed by atoms with van der Waals surface area (Å²) in [6.07, 6.45) is 10.1. The Bertz CT molecular complexity index is 596. The maximum Gasteiger partial charge on any atom is 0.308 e. The van der Waals surface area contributed by atoms with Gasteiger partial charge < -0.3 is 15.2 Å². The predicted octanol–water partition coefficient (Wildman–Crippen LogP) is 4.01. The number of ether oxygens (including phenoxy) is 1. The van der Waals surface area contributed by atoms with Gasteiger partial charge in [-0.3, -0.25) is 4.79 Å². The first-order valence-electron chi connectivity index (χ1n) is 9.55. The fourth-order valence-corrected chi connectivity index (χ4v) is 4.10. The minimum absolute atomic E-state index is 0.0435. The summed E-state index contributed by atoms with van der Waals surface area (Å²) in [5, 5.41) is 13.0. The highest BCUT2D eigenvalue weighted by atomic mass is 16.5. The van der Waals surface area contributed by atoms with Gasteiger partial charge in [-0.25, -0.2) is 0 Å². The van der Waals surface area contributed by atoms with Gasteiger partial charge in [0.25, 0.3) is 0 Å². The third-order valence-corrected chi connectivity index (χ3v) is 5.48. The Morgan fingerprint density at radius 1 is 1.16 bits per heavy atom. The molecule has 4 atom stereocenters. The Balaban J connectivity index is 1.46. The molecule has 3 rings (SSSR count). The number of allylic oxidation sites excluding steroid dienone is 1. The molecule has 25 heavy (non-hydrogen) atoms. The standard InChI is InChI=1S/C21H29NO3/c1-2-3-4-5-12-25-18-10-6-15(7-11-18)14-22-20-17-9-8-16(13-17)19(20)21(23)24/h6-11,16-17,19-20,22H,2-5,12-14H2,1H3,(H,23,24)/t16?,17?,19-,20+/m1/s1. The van der Waals surface area contributed by atoms with E-state index in [1.807, 2.05) is 12.1 Å². The number of carboxylic acids is 1. The second-order valence-corrected chi connectivity index (χ2v) is 7.27. The first-order valence-corrected chi connectivity index (χ1v) is 9.55. The third-order valence-electron chi connectivity index (χ3n) is 5.48. The lowest BCUT2D eigenvalue weighted by molar-refractivity contribution is -0.143. The zero-order valence-corrected chi connectivity index (χ0v) is 15.0. The Hall–Kier alpha value is -1.81. The maximum atomic E-state index is 11.5. The van der Waals surface area contributed by atoms with E-state index in [-0.39, 0.29) is 17.9 Å². The third kappa shape index (κ3) is 4.43. The quantitative estimate of drug-likeness (QED) is 0.498. The summed E-state index contributed by atoms with van der Waals surface area (Å²) < 4.78 is 5.77. The van der Waals surface area contributed by atoms with Crippen LogP contribution >= 0.6 is 0 Å². The second-order valence-electron chi connectivity index (χ2n) is 7.27. The summed E-state index contributed by atoms with van der Waals surface area (Å²) in [6, 6.07) is 8.18. The molecule has 2 aliphatic rings. The molecular weight excluding hydrogens is 314 g/mol. The number of benzene rings is 1. The summed E-state index contributed by atoms with van der Waals surface area (Å²) in [7, 11) is 0. The summed E-state index contributed by atoms with van der Waals surface area (Å²) in [5.41, 5.74) is 1.16. The van der Waals surface area contributed by atoms with E-state index >= 15 is 0 Å². The van der Waals surface area contributed by atoms with Gasteiger partial charge in [-0.05, 0) is 42.4 Å². The van der Waals surface area contributed by atoms with Crippen LogP contribution in [0.5, 0.6) is 5.75 Å². The lowest BCUT2D eigenvalue weighted by Crippen LogP contribution is -2.42. The molecule has 2 aliphatic carbocycles. The summed E-state index contributed by atoms with van der Waals surface area (Å²) in [6.45, 7) is 3.68. The Morgan fingerprint density at radius 2 is 1.92 bits per heavy atom. The molecule has 1 fully saturated rings. The van der Waals surface area contributed by atoms with Crippen LogP contribution in [0.25, 0.3) is 0 Å². The minimum Gasteiger partial charge on any atom is -0.494 e. The molecular formula is C21H29NO3. The Morgan fingerprint density at radius 3 is 2.64 bits per heavy atom. The molecule has 0 aromatic heterocycles. The van der Waals surface area contributed by atoms with Crippen molar-refractivity contribution in [3.63, 3.8) is 0 Å². The van der Waals surface area contributed by atoms with Gasteiger partial charge in [0, 0.05) is 12.6 Å². The highest BCUT2D eigenvalue weighted by molar-refractivity contribution is 5.73. The van der Waals surface area contributed by atoms with Crippen LogP contribution in [-0.2, 0) is 11.3 Å². The number of aliphatic carboxylic acids is 1. The van der Waals surface area contributed by atoms with Gasteiger partial charge in [0.1, 0.15) is 5.75 Å². The minimum atomic E-state index is -0.679. The number of hydrogen-bond donors (Lipinski definition) is 2. The molecule has 2 unspecified atom stereocenters. The zero-order chi connectivity index (χ0) is 17.6. The van der Waals surface area contributed by atoms with Crippen molar-refractivity contribution in [3.8, 4) is 5.75 Å². The SMILES string of the molecule is CCCCCCOc1ccc(CN[C@H]2C3C=CC(C3)[C@H]2C(=O)O)cc1. The summed E-state index contributed by atoms with van der Waals surface area (Å²) in [5.74, 6) is 0.494. The van der Waals surface area contributed by atoms with Gasteiger partial charge in [-0.1, -0.05) is 50.5 Å². The average molecular weight is 343 g/mol. The lowest BCUT2D eigenvalue weighted by atomic mass is 9.89. The average Bonchev–Trinajstić information content (AvgIpc) is 3.22. The molecule has 4 heteroatoms. The number of nitrogens with one attached hydrogen (secondary N) is 1. The molecule has 1 saturated carbocycles. The number of unbranched alkanes of at least 4 members (excludes halogenated alkanes) is 3. The topological polar surface area (TPSA) is 58.6 Å². The van der Waals surface area contributed by atoms with E-state index in [2.05, 4.69) is 36.5 Å². The van der Waals surface area contributed by atoms with Crippen LogP contribution in [-0.4, -0.2) is 23.7 Å². The van der Waals surface area contributed by atoms with E-state index in [1.165, 1.54) is 19.3 Å². The van der Waals surface area contributed by atoms with Crippen molar-refractivity contribution in [1.29, 1.82) is 0 Å². The largest absolute Gasteiger partial charge is 0.494 e.